The summed E-state index contributed by atoms with van der Waals surface area (Å²) in [7, 11) is 1.43. The molecule has 1 aliphatic carbocycles. The van der Waals surface area contributed by atoms with Gasteiger partial charge in [-0.3, -0.25) is 14.9 Å². The second kappa shape index (κ2) is 5.92. The lowest BCUT2D eigenvalue weighted by Gasteiger charge is -2.29. The molecule has 0 saturated heterocycles. The van der Waals surface area contributed by atoms with Gasteiger partial charge in [-0.05, 0) is 30.9 Å². The Morgan fingerprint density at radius 3 is 2.76 bits per heavy atom. The maximum Gasteiger partial charge on any atom is 0.273 e. The Kier molecular flexibility index (Phi) is 4.22. The van der Waals surface area contributed by atoms with Crippen LogP contribution in [0.4, 0.5) is 5.69 Å². The van der Waals surface area contributed by atoms with Crippen molar-refractivity contribution in [2.24, 2.45) is 5.41 Å². The molecule has 0 N–H and O–H groups in total. The molecule has 0 aromatic heterocycles. The monoisotopic (exact) mass is 288 g/mol. The van der Waals surface area contributed by atoms with Crippen molar-refractivity contribution in [2.75, 3.05) is 7.11 Å². The number of nitriles is 1. The molecule has 0 aliphatic heterocycles. The van der Waals surface area contributed by atoms with E-state index in [4.69, 9.17) is 4.74 Å². The van der Waals surface area contributed by atoms with Crippen molar-refractivity contribution in [3.8, 4) is 11.8 Å². The van der Waals surface area contributed by atoms with Gasteiger partial charge in [0, 0.05) is 12.5 Å². The molecule has 0 bridgehead atoms. The molecule has 1 unspecified atom stereocenters. The van der Waals surface area contributed by atoms with Gasteiger partial charge in [0.15, 0.2) is 5.78 Å². The van der Waals surface area contributed by atoms with Gasteiger partial charge in [0.1, 0.15) is 11.2 Å². The van der Waals surface area contributed by atoms with Gasteiger partial charge in [-0.15, -0.1) is 0 Å². The molecule has 1 aromatic carbocycles. The fourth-order valence-electron chi connectivity index (χ4n) is 2.75. The van der Waals surface area contributed by atoms with E-state index < -0.39 is 10.3 Å². The van der Waals surface area contributed by atoms with E-state index in [1.165, 1.54) is 19.2 Å². The molecule has 1 aliphatic rings. The number of ether oxygens (including phenoxy) is 1. The van der Waals surface area contributed by atoms with E-state index in [0.717, 1.165) is 12.8 Å². The van der Waals surface area contributed by atoms with Crippen LogP contribution in [0.1, 0.15) is 31.2 Å². The number of nitro groups is 1. The smallest absolute Gasteiger partial charge is 0.273 e. The summed E-state index contributed by atoms with van der Waals surface area (Å²) in [5, 5.41) is 20.4. The van der Waals surface area contributed by atoms with E-state index in [2.05, 4.69) is 6.07 Å². The molecule has 0 heterocycles. The number of non-ortho nitro benzene ring substituents is 1. The van der Waals surface area contributed by atoms with Crippen LogP contribution < -0.4 is 4.74 Å². The quantitative estimate of drug-likeness (QED) is 0.627. The molecular formula is C15H16N2O4. The zero-order chi connectivity index (χ0) is 15.5. The number of hydrogen-bond donors (Lipinski definition) is 0. The van der Waals surface area contributed by atoms with Gasteiger partial charge in [0.05, 0.1) is 24.2 Å². The average molecular weight is 288 g/mol. The lowest BCUT2D eigenvalue weighted by atomic mass is 9.70. The zero-order valence-corrected chi connectivity index (χ0v) is 11.8. The standard InChI is InChI=1S/C15H16N2O4/c1-21-13-7-11(6-12(8-13)17(19)20)9-15(10-16)5-3-2-4-14(15)18/h6-8H,2-5,9H2,1H3. The summed E-state index contributed by atoms with van der Waals surface area (Å²) in [4.78, 5) is 22.6. The van der Waals surface area contributed by atoms with Crippen LogP contribution in [0.25, 0.3) is 0 Å². The molecule has 1 atom stereocenters. The van der Waals surface area contributed by atoms with Crippen molar-refractivity contribution in [3.63, 3.8) is 0 Å². The molecule has 110 valence electrons. The molecule has 0 amide bonds. The summed E-state index contributed by atoms with van der Waals surface area (Å²) in [6.07, 6.45) is 2.74. The third-order valence-corrected chi connectivity index (χ3v) is 3.91. The highest BCUT2D eigenvalue weighted by Gasteiger charge is 2.40. The Balaban J connectivity index is 2.37. The van der Waals surface area contributed by atoms with Crippen molar-refractivity contribution in [1.29, 1.82) is 5.26 Å². The minimum atomic E-state index is -1.06. The van der Waals surface area contributed by atoms with Crippen LogP contribution in [0.15, 0.2) is 18.2 Å². The van der Waals surface area contributed by atoms with Crippen LogP contribution in [0.3, 0.4) is 0 Å². The fraction of sp³-hybridized carbons (Fsp3) is 0.467. The first kappa shape index (κ1) is 15.0. The van der Waals surface area contributed by atoms with Crippen LogP contribution in [0, 0.1) is 26.9 Å². The van der Waals surface area contributed by atoms with Crippen LogP contribution >= 0.6 is 0 Å². The predicted molar refractivity (Wildman–Crippen MR) is 74.9 cm³/mol. The molecule has 2 rings (SSSR count). The molecular weight excluding hydrogens is 272 g/mol. The van der Waals surface area contributed by atoms with E-state index in [1.807, 2.05) is 0 Å². The number of hydrogen-bond acceptors (Lipinski definition) is 5. The SMILES string of the molecule is COc1cc(CC2(C#N)CCCCC2=O)cc([N+](=O)[O-])c1. The lowest BCUT2D eigenvalue weighted by molar-refractivity contribution is -0.385. The normalized spacial score (nSPS) is 21.6. The number of rotatable bonds is 4. The number of carbonyl (C=O) groups is 1. The second-order valence-corrected chi connectivity index (χ2v) is 5.30. The fourth-order valence-corrected chi connectivity index (χ4v) is 2.75. The van der Waals surface area contributed by atoms with Crippen LogP contribution in [-0.2, 0) is 11.2 Å². The first-order valence-corrected chi connectivity index (χ1v) is 6.78. The Labute approximate surface area is 122 Å². The summed E-state index contributed by atoms with van der Waals surface area (Å²) < 4.78 is 5.06. The van der Waals surface area contributed by atoms with Crippen molar-refractivity contribution in [1.82, 2.24) is 0 Å². The topological polar surface area (TPSA) is 93.2 Å². The van der Waals surface area contributed by atoms with Crippen LogP contribution in [-0.4, -0.2) is 17.8 Å². The Morgan fingerprint density at radius 1 is 1.43 bits per heavy atom. The average Bonchev–Trinajstić information content (AvgIpc) is 2.49. The molecule has 1 aromatic rings. The van der Waals surface area contributed by atoms with E-state index in [0.29, 0.717) is 24.2 Å². The molecule has 0 radical (unpaired) electrons. The van der Waals surface area contributed by atoms with Gasteiger partial charge in [0.2, 0.25) is 0 Å². The number of Topliss-reactive ketones (excluding diaryl/α,β-unsaturated/α-hetero) is 1. The minimum Gasteiger partial charge on any atom is -0.496 e. The van der Waals surface area contributed by atoms with E-state index in [1.54, 1.807) is 6.07 Å². The molecule has 21 heavy (non-hydrogen) atoms. The zero-order valence-electron chi connectivity index (χ0n) is 11.8. The largest absolute Gasteiger partial charge is 0.496 e. The van der Waals surface area contributed by atoms with Gasteiger partial charge in [-0.25, -0.2) is 0 Å². The van der Waals surface area contributed by atoms with Crippen molar-refractivity contribution in [2.45, 2.75) is 32.1 Å². The first-order chi connectivity index (χ1) is 10.0. The van der Waals surface area contributed by atoms with E-state index in [9.17, 15) is 20.2 Å². The Hall–Kier alpha value is -2.42. The van der Waals surface area contributed by atoms with Gasteiger partial charge >= 0.3 is 0 Å². The van der Waals surface area contributed by atoms with Gasteiger partial charge in [0.25, 0.3) is 5.69 Å². The van der Waals surface area contributed by atoms with Gasteiger partial charge < -0.3 is 4.74 Å². The molecule has 1 saturated carbocycles. The number of carbonyl (C=O) groups excluding carboxylic acids is 1. The Bertz CT molecular complexity index is 621. The van der Waals surface area contributed by atoms with Gasteiger partial charge in [-0.1, -0.05) is 6.42 Å². The maximum absolute atomic E-state index is 12.1. The minimum absolute atomic E-state index is 0.0678. The maximum atomic E-state index is 12.1. The highest BCUT2D eigenvalue weighted by Crippen LogP contribution is 2.37. The van der Waals surface area contributed by atoms with Crippen molar-refractivity contribution >= 4 is 11.5 Å². The second-order valence-electron chi connectivity index (χ2n) is 5.30. The van der Waals surface area contributed by atoms with E-state index in [-0.39, 0.29) is 17.9 Å². The van der Waals surface area contributed by atoms with Gasteiger partial charge in [-0.2, -0.15) is 5.26 Å². The number of benzene rings is 1. The summed E-state index contributed by atoms with van der Waals surface area (Å²) in [5.41, 5.74) is -0.572. The number of nitrogens with zero attached hydrogens (tertiary/aromatic N) is 2. The third-order valence-electron chi connectivity index (χ3n) is 3.91. The molecule has 6 nitrogen and oxygen atoms in total. The van der Waals surface area contributed by atoms with Crippen LogP contribution in [0.5, 0.6) is 5.75 Å². The highest BCUT2D eigenvalue weighted by atomic mass is 16.6. The predicted octanol–water partition coefficient (Wildman–Crippen LogP) is 2.80. The molecule has 1 fully saturated rings. The summed E-state index contributed by atoms with van der Waals surface area (Å²) in [6, 6.07) is 6.52. The number of methoxy groups -OCH3 is 1. The van der Waals surface area contributed by atoms with Crippen LogP contribution in [0.2, 0.25) is 0 Å². The third kappa shape index (κ3) is 3.02. The first-order valence-electron chi connectivity index (χ1n) is 6.78. The summed E-state index contributed by atoms with van der Waals surface area (Å²) in [5.74, 6) is 0.289. The summed E-state index contributed by atoms with van der Waals surface area (Å²) >= 11 is 0. The summed E-state index contributed by atoms with van der Waals surface area (Å²) in [6.45, 7) is 0. The Morgan fingerprint density at radius 2 is 2.19 bits per heavy atom. The number of ketones is 1. The highest BCUT2D eigenvalue weighted by molar-refractivity contribution is 5.88. The van der Waals surface area contributed by atoms with E-state index >= 15 is 0 Å². The van der Waals surface area contributed by atoms with Crippen molar-refractivity contribution < 1.29 is 14.5 Å². The van der Waals surface area contributed by atoms with Crippen molar-refractivity contribution in [3.05, 3.63) is 33.9 Å². The molecule has 6 heteroatoms. The number of nitro benzene ring substituents is 1. The molecule has 0 spiro atoms. The lowest BCUT2D eigenvalue weighted by Crippen LogP contribution is -2.34.